The van der Waals surface area contributed by atoms with E-state index in [1.807, 2.05) is 0 Å². The first kappa shape index (κ1) is 9.83. The fourth-order valence-corrected chi connectivity index (χ4v) is 1.94. The normalized spacial score (nSPS) is 27.9. The lowest BCUT2D eigenvalue weighted by atomic mass is 9.73. The zero-order chi connectivity index (χ0) is 8.97. The van der Waals surface area contributed by atoms with Gasteiger partial charge >= 0.3 is 0 Å². The second kappa shape index (κ2) is 4.69. The molecule has 0 aromatic rings. The fraction of sp³-hybridized carbons (Fsp3) is 0.833. The zero-order valence-electron chi connectivity index (χ0n) is 8.77. The summed E-state index contributed by atoms with van der Waals surface area (Å²) in [6.07, 6.45) is 9.26. The number of hydrogen-bond acceptors (Lipinski definition) is 0. The van der Waals surface area contributed by atoms with Crippen molar-refractivity contribution in [1.29, 1.82) is 0 Å². The van der Waals surface area contributed by atoms with Gasteiger partial charge in [0.05, 0.1) is 0 Å². The number of rotatable bonds is 4. The third kappa shape index (κ3) is 2.36. The lowest BCUT2D eigenvalue weighted by Gasteiger charge is -2.33. The van der Waals surface area contributed by atoms with E-state index in [0.717, 1.165) is 11.8 Å². The minimum absolute atomic E-state index is 0.996. The smallest absolute Gasteiger partial charge is 0.0317 e. The molecule has 2 unspecified atom stereocenters. The van der Waals surface area contributed by atoms with E-state index in [4.69, 9.17) is 0 Å². The molecule has 1 fully saturated rings. The average Bonchev–Trinajstić information content (AvgIpc) is 2.10. The largest absolute Gasteiger partial charge is 0.0851 e. The zero-order valence-corrected chi connectivity index (χ0v) is 8.77. The molecule has 0 aromatic carbocycles. The first-order valence-corrected chi connectivity index (χ1v) is 5.45. The third-order valence-corrected chi connectivity index (χ3v) is 3.42. The molecule has 0 aromatic heterocycles. The van der Waals surface area contributed by atoms with Crippen molar-refractivity contribution in [2.75, 3.05) is 0 Å². The van der Waals surface area contributed by atoms with Gasteiger partial charge in [-0.1, -0.05) is 38.8 Å². The molecule has 1 aliphatic carbocycles. The Morgan fingerprint density at radius 3 is 2.25 bits per heavy atom. The van der Waals surface area contributed by atoms with Gasteiger partial charge in [0.1, 0.15) is 0 Å². The molecule has 1 aliphatic rings. The number of hydrogen-bond donors (Lipinski definition) is 0. The number of allylic oxidation sites excluding steroid dienone is 2. The first-order chi connectivity index (χ1) is 5.77. The second-order valence-electron chi connectivity index (χ2n) is 4.12. The van der Waals surface area contributed by atoms with Crippen LogP contribution in [0.3, 0.4) is 0 Å². The summed E-state index contributed by atoms with van der Waals surface area (Å²) in [5, 5.41) is 0. The fourth-order valence-electron chi connectivity index (χ4n) is 1.94. The molecule has 0 N–H and O–H groups in total. The minimum Gasteiger partial charge on any atom is -0.0851 e. The van der Waals surface area contributed by atoms with Crippen LogP contribution in [0.1, 0.15) is 52.9 Å². The Labute approximate surface area is 77.1 Å². The van der Waals surface area contributed by atoms with E-state index in [2.05, 4.69) is 26.8 Å². The molecule has 70 valence electrons. The maximum absolute atomic E-state index is 2.49. The maximum Gasteiger partial charge on any atom is -0.0317 e. The van der Waals surface area contributed by atoms with Gasteiger partial charge in [-0.3, -0.25) is 0 Å². The van der Waals surface area contributed by atoms with Crippen LogP contribution in [0, 0.1) is 11.8 Å². The molecule has 12 heavy (non-hydrogen) atoms. The lowest BCUT2D eigenvalue weighted by Crippen LogP contribution is -2.22. The van der Waals surface area contributed by atoms with Crippen molar-refractivity contribution in [1.82, 2.24) is 0 Å². The van der Waals surface area contributed by atoms with E-state index >= 15 is 0 Å². The van der Waals surface area contributed by atoms with Crippen molar-refractivity contribution in [3.05, 3.63) is 11.6 Å². The summed E-state index contributed by atoms with van der Waals surface area (Å²) in [6.45, 7) is 6.92. The summed E-state index contributed by atoms with van der Waals surface area (Å²) in [7, 11) is 0. The summed E-state index contributed by atoms with van der Waals surface area (Å²) < 4.78 is 0. The molecule has 0 aliphatic heterocycles. The third-order valence-electron chi connectivity index (χ3n) is 3.42. The van der Waals surface area contributed by atoms with E-state index in [1.54, 1.807) is 5.57 Å². The average molecular weight is 166 g/mol. The predicted molar refractivity (Wildman–Crippen MR) is 55.2 cm³/mol. The Morgan fingerprint density at radius 1 is 1.25 bits per heavy atom. The second-order valence-corrected chi connectivity index (χ2v) is 4.12. The molecule has 1 saturated carbocycles. The topological polar surface area (TPSA) is 0 Å². The van der Waals surface area contributed by atoms with Gasteiger partial charge < -0.3 is 0 Å². The molecule has 0 amide bonds. The summed E-state index contributed by atoms with van der Waals surface area (Å²) in [5.74, 6) is 2.01. The van der Waals surface area contributed by atoms with Gasteiger partial charge in [0.2, 0.25) is 0 Å². The van der Waals surface area contributed by atoms with Gasteiger partial charge in [-0.15, -0.1) is 0 Å². The van der Waals surface area contributed by atoms with E-state index in [-0.39, 0.29) is 0 Å². The van der Waals surface area contributed by atoms with E-state index in [1.165, 1.54) is 32.1 Å². The van der Waals surface area contributed by atoms with Crippen molar-refractivity contribution >= 4 is 0 Å². The van der Waals surface area contributed by atoms with Crippen LogP contribution in [0.25, 0.3) is 0 Å². The van der Waals surface area contributed by atoms with E-state index in [0.29, 0.717) is 0 Å². The SMILES string of the molecule is CCC(=CCC1CCC1C)CC. The highest BCUT2D eigenvalue weighted by Crippen LogP contribution is 2.36. The van der Waals surface area contributed by atoms with E-state index in [9.17, 15) is 0 Å². The van der Waals surface area contributed by atoms with Crippen LogP contribution in [0.15, 0.2) is 11.6 Å². The first-order valence-electron chi connectivity index (χ1n) is 5.45. The van der Waals surface area contributed by atoms with E-state index < -0.39 is 0 Å². The van der Waals surface area contributed by atoms with Gasteiger partial charge in [-0.05, 0) is 37.5 Å². The molecule has 1 rings (SSSR count). The highest BCUT2D eigenvalue weighted by atomic mass is 14.3. The van der Waals surface area contributed by atoms with Gasteiger partial charge in [-0.2, -0.15) is 0 Å². The Morgan fingerprint density at radius 2 is 1.92 bits per heavy atom. The van der Waals surface area contributed by atoms with Gasteiger partial charge in [0.25, 0.3) is 0 Å². The van der Waals surface area contributed by atoms with Gasteiger partial charge in [0.15, 0.2) is 0 Å². The Hall–Kier alpha value is -0.260. The van der Waals surface area contributed by atoms with Crippen molar-refractivity contribution in [3.63, 3.8) is 0 Å². The molecule has 0 nitrogen and oxygen atoms in total. The van der Waals surface area contributed by atoms with Crippen LogP contribution in [-0.4, -0.2) is 0 Å². The highest BCUT2D eigenvalue weighted by Gasteiger charge is 2.25. The quantitative estimate of drug-likeness (QED) is 0.550. The lowest BCUT2D eigenvalue weighted by molar-refractivity contribution is 0.199. The Bertz CT molecular complexity index is 149. The standard InChI is InChI=1S/C12H22/c1-4-11(5-2)7-9-12-8-6-10(12)3/h7,10,12H,4-6,8-9H2,1-3H3. The molecule has 0 heteroatoms. The predicted octanol–water partition coefficient (Wildman–Crippen LogP) is 4.17. The van der Waals surface area contributed by atoms with Crippen LogP contribution in [0.2, 0.25) is 0 Å². The monoisotopic (exact) mass is 166 g/mol. The summed E-state index contributed by atoms with van der Waals surface area (Å²) in [5.41, 5.74) is 1.65. The molecule has 0 spiro atoms. The minimum atomic E-state index is 0.996. The Kier molecular flexibility index (Phi) is 3.84. The highest BCUT2D eigenvalue weighted by molar-refractivity contribution is 5.01. The van der Waals surface area contributed by atoms with Crippen LogP contribution in [0.4, 0.5) is 0 Å². The molecule has 0 bridgehead atoms. The van der Waals surface area contributed by atoms with Crippen molar-refractivity contribution < 1.29 is 0 Å². The molecular weight excluding hydrogens is 144 g/mol. The van der Waals surface area contributed by atoms with Crippen molar-refractivity contribution in [3.8, 4) is 0 Å². The van der Waals surface area contributed by atoms with Crippen LogP contribution in [0.5, 0.6) is 0 Å². The van der Waals surface area contributed by atoms with Gasteiger partial charge in [-0.25, -0.2) is 0 Å². The van der Waals surface area contributed by atoms with Crippen LogP contribution >= 0.6 is 0 Å². The van der Waals surface area contributed by atoms with Crippen LogP contribution < -0.4 is 0 Å². The van der Waals surface area contributed by atoms with Crippen molar-refractivity contribution in [2.45, 2.75) is 52.9 Å². The maximum atomic E-state index is 2.49. The van der Waals surface area contributed by atoms with Gasteiger partial charge in [0, 0.05) is 0 Å². The van der Waals surface area contributed by atoms with Crippen LogP contribution in [-0.2, 0) is 0 Å². The molecule has 0 heterocycles. The molecule has 0 saturated heterocycles. The molecular formula is C12H22. The summed E-state index contributed by atoms with van der Waals surface area (Å²) in [6, 6.07) is 0. The molecule has 2 atom stereocenters. The molecule has 0 radical (unpaired) electrons. The summed E-state index contributed by atoms with van der Waals surface area (Å²) in [4.78, 5) is 0. The van der Waals surface area contributed by atoms with Crippen molar-refractivity contribution in [2.24, 2.45) is 11.8 Å². The Balaban J connectivity index is 2.26. The summed E-state index contributed by atoms with van der Waals surface area (Å²) >= 11 is 0.